The van der Waals surface area contributed by atoms with Crippen molar-refractivity contribution < 1.29 is 9.90 Å². The van der Waals surface area contributed by atoms with Crippen molar-refractivity contribution in [3.63, 3.8) is 0 Å². The lowest BCUT2D eigenvalue weighted by molar-refractivity contribution is 0.0702. The zero-order chi connectivity index (χ0) is 7.84. The maximum Gasteiger partial charge on any atom is 0.345 e. The number of aliphatic imine (C=N–C) groups is 1. The van der Waals surface area contributed by atoms with Crippen LogP contribution in [0.3, 0.4) is 0 Å². The number of hydrogen-bond donors (Lipinski definition) is 1. The first-order chi connectivity index (χ1) is 5.27. The first-order valence-corrected chi connectivity index (χ1v) is 3.97. The van der Waals surface area contributed by atoms with Crippen LogP contribution in [0.4, 0.5) is 5.00 Å². The van der Waals surface area contributed by atoms with E-state index in [-0.39, 0.29) is 0 Å². The van der Waals surface area contributed by atoms with Gasteiger partial charge in [0.25, 0.3) is 0 Å². The fraction of sp³-hybridized carbons (Fsp3) is 0.143. The van der Waals surface area contributed by atoms with Crippen LogP contribution in [0, 0.1) is 0 Å². The first kappa shape index (κ1) is 6.54. The highest BCUT2D eigenvalue weighted by molar-refractivity contribution is 7.17. The average Bonchev–Trinajstić information content (AvgIpc) is 2.40. The molecule has 0 spiro atoms. The van der Waals surface area contributed by atoms with Crippen LogP contribution < -0.4 is 0 Å². The summed E-state index contributed by atoms with van der Waals surface area (Å²) in [5.74, 6) is -0.861. The molecule has 1 aromatic rings. The largest absolute Gasteiger partial charge is 0.477 e. The average molecular weight is 167 g/mol. The first-order valence-electron chi connectivity index (χ1n) is 3.16. The Morgan fingerprint density at radius 3 is 3.18 bits per heavy atom. The van der Waals surface area contributed by atoms with E-state index in [1.165, 1.54) is 11.3 Å². The molecule has 1 aliphatic rings. The highest BCUT2D eigenvalue weighted by Crippen LogP contribution is 2.33. The van der Waals surface area contributed by atoms with Crippen molar-refractivity contribution in [2.24, 2.45) is 4.99 Å². The molecule has 1 N–H and O–H groups in total. The quantitative estimate of drug-likeness (QED) is 0.692. The van der Waals surface area contributed by atoms with Crippen LogP contribution in [0.1, 0.15) is 15.2 Å². The molecule has 0 aliphatic carbocycles. The van der Waals surface area contributed by atoms with Gasteiger partial charge in [-0.05, 0) is 11.6 Å². The predicted molar refractivity (Wildman–Crippen MR) is 43.1 cm³/mol. The van der Waals surface area contributed by atoms with Crippen LogP contribution in [0.2, 0.25) is 0 Å². The number of rotatable bonds is 1. The molecule has 0 radical (unpaired) electrons. The molecule has 0 amide bonds. The molecule has 11 heavy (non-hydrogen) atoms. The molecule has 0 saturated carbocycles. The molecule has 0 bridgehead atoms. The Morgan fingerprint density at radius 2 is 2.55 bits per heavy atom. The van der Waals surface area contributed by atoms with E-state index in [1.54, 1.807) is 12.3 Å². The number of carbonyl (C=O) groups is 1. The second kappa shape index (κ2) is 2.17. The Morgan fingerprint density at radius 1 is 1.73 bits per heavy atom. The standard InChI is InChI=1S/C7H5NO2S/c9-7(10)5-3-4-1-2-8-6(4)11-5/h2-3H,1H2,(H,9,10). The Kier molecular flexibility index (Phi) is 1.29. The summed E-state index contributed by atoms with van der Waals surface area (Å²) in [5, 5.41) is 9.45. The van der Waals surface area contributed by atoms with Gasteiger partial charge in [0.1, 0.15) is 9.88 Å². The van der Waals surface area contributed by atoms with E-state index in [0.717, 1.165) is 17.0 Å². The van der Waals surface area contributed by atoms with Gasteiger partial charge in [-0.1, -0.05) is 0 Å². The van der Waals surface area contributed by atoms with E-state index < -0.39 is 5.97 Å². The maximum absolute atomic E-state index is 10.5. The number of aromatic carboxylic acids is 1. The third-order valence-corrected chi connectivity index (χ3v) is 2.59. The number of fused-ring (bicyclic) bond motifs is 1. The van der Waals surface area contributed by atoms with Crippen LogP contribution in [0.5, 0.6) is 0 Å². The lowest BCUT2D eigenvalue weighted by atomic mass is 10.2. The lowest BCUT2D eigenvalue weighted by Crippen LogP contribution is -1.90. The minimum absolute atomic E-state index is 0.381. The molecule has 0 aromatic carbocycles. The third kappa shape index (κ3) is 0.952. The molecule has 0 atom stereocenters. The molecule has 2 rings (SSSR count). The van der Waals surface area contributed by atoms with E-state index in [1.807, 2.05) is 0 Å². The van der Waals surface area contributed by atoms with Crippen molar-refractivity contribution in [3.8, 4) is 0 Å². The van der Waals surface area contributed by atoms with E-state index >= 15 is 0 Å². The summed E-state index contributed by atoms with van der Waals surface area (Å²) in [4.78, 5) is 14.9. The monoisotopic (exact) mass is 167 g/mol. The van der Waals surface area contributed by atoms with Gasteiger partial charge in [0, 0.05) is 12.6 Å². The molecule has 3 nitrogen and oxygen atoms in total. The third-order valence-electron chi connectivity index (χ3n) is 1.52. The second-order valence-corrected chi connectivity index (χ2v) is 3.29. The molecular formula is C7H5NO2S. The predicted octanol–water partition coefficient (Wildman–Crippen LogP) is 1.70. The van der Waals surface area contributed by atoms with Crippen LogP contribution in [0.15, 0.2) is 11.1 Å². The highest BCUT2D eigenvalue weighted by Gasteiger charge is 2.14. The summed E-state index contributed by atoms with van der Waals surface area (Å²) in [6.45, 7) is 0. The Bertz CT molecular complexity index is 340. The zero-order valence-electron chi connectivity index (χ0n) is 5.57. The van der Waals surface area contributed by atoms with Gasteiger partial charge in [0.05, 0.1) is 0 Å². The summed E-state index contributed by atoms with van der Waals surface area (Å²) in [7, 11) is 0. The molecule has 56 valence electrons. The molecule has 1 aliphatic heterocycles. The van der Waals surface area contributed by atoms with Gasteiger partial charge in [-0.25, -0.2) is 9.79 Å². The second-order valence-electron chi connectivity index (χ2n) is 2.26. The van der Waals surface area contributed by atoms with E-state index in [2.05, 4.69) is 4.99 Å². The van der Waals surface area contributed by atoms with Crippen LogP contribution >= 0.6 is 11.3 Å². The van der Waals surface area contributed by atoms with Crippen molar-refractivity contribution in [2.45, 2.75) is 6.42 Å². The number of carboxylic acids is 1. The maximum atomic E-state index is 10.5. The van der Waals surface area contributed by atoms with Crippen molar-refractivity contribution in [2.75, 3.05) is 0 Å². The van der Waals surface area contributed by atoms with Gasteiger partial charge in [0.2, 0.25) is 0 Å². The number of nitrogens with zero attached hydrogens (tertiary/aromatic N) is 1. The number of carboxylic acid groups (broad SMARTS) is 1. The van der Waals surface area contributed by atoms with E-state index in [0.29, 0.717) is 4.88 Å². The number of thiophene rings is 1. The fourth-order valence-electron chi connectivity index (χ4n) is 1.01. The van der Waals surface area contributed by atoms with Gasteiger partial charge < -0.3 is 5.11 Å². The molecule has 0 saturated heterocycles. The van der Waals surface area contributed by atoms with Gasteiger partial charge in [0.15, 0.2) is 0 Å². The van der Waals surface area contributed by atoms with Crippen molar-refractivity contribution in [1.29, 1.82) is 0 Å². The van der Waals surface area contributed by atoms with Crippen molar-refractivity contribution in [3.05, 3.63) is 16.5 Å². The van der Waals surface area contributed by atoms with Crippen molar-refractivity contribution in [1.82, 2.24) is 0 Å². The van der Waals surface area contributed by atoms with Crippen LogP contribution in [-0.2, 0) is 6.42 Å². The smallest absolute Gasteiger partial charge is 0.345 e. The van der Waals surface area contributed by atoms with E-state index in [9.17, 15) is 4.79 Å². The Labute approximate surface area is 67.0 Å². The minimum Gasteiger partial charge on any atom is -0.477 e. The lowest BCUT2D eigenvalue weighted by Gasteiger charge is -1.81. The molecular weight excluding hydrogens is 162 g/mol. The minimum atomic E-state index is -0.861. The highest BCUT2D eigenvalue weighted by atomic mass is 32.1. The molecule has 0 unspecified atom stereocenters. The summed E-state index contributed by atoms with van der Waals surface area (Å²) < 4.78 is 0. The summed E-state index contributed by atoms with van der Waals surface area (Å²) >= 11 is 1.23. The topological polar surface area (TPSA) is 49.7 Å². The number of hydrogen-bond acceptors (Lipinski definition) is 3. The van der Waals surface area contributed by atoms with E-state index in [4.69, 9.17) is 5.11 Å². The van der Waals surface area contributed by atoms with Gasteiger partial charge in [-0.2, -0.15) is 0 Å². The Hall–Kier alpha value is -1.16. The van der Waals surface area contributed by atoms with Gasteiger partial charge >= 0.3 is 5.97 Å². The zero-order valence-corrected chi connectivity index (χ0v) is 6.39. The fourth-order valence-corrected chi connectivity index (χ4v) is 1.90. The molecule has 1 aromatic heterocycles. The molecule has 0 fully saturated rings. The normalized spacial score (nSPS) is 13.5. The SMILES string of the molecule is O=C(O)c1cc2c(s1)N=CC2. The summed E-state index contributed by atoms with van der Waals surface area (Å²) in [6.07, 6.45) is 2.58. The molecule has 2 heterocycles. The summed E-state index contributed by atoms with van der Waals surface area (Å²) in [6, 6.07) is 1.69. The van der Waals surface area contributed by atoms with Gasteiger partial charge in [-0.15, -0.1) is 11.3 Å². The van der Waals surface area contributed by atoms with Gasteiger partial charge in [-0.3, -0.25) is 0 Å². The van der Waals surface area contributed by atoms with Crippen LogP contribution in [-0.4, -0.2) is 17.3 Å². The summed E-state index contributed by atoms with van der Waals surface area (Å²) in [5.41, 5.74) is 1.03. The molecule has 4 heteroatoms. The van der Waals surface area contributed by atoms with Crippen LogP contribution in [0.25, 0.3) is 0 Å². The Balaban J connectivity index is 2.49. The van der Waals surface area contributed by atoms with Crippen molar-refractivity contribution >= 4 is 28.5 Å².